The number of rotatable bonds is 9. The van der Waals surface area contributed by atoms with Crippen LogP contribution in [0.15, 0.2) is 30.4 Å². The van der Waals surface area contributed by atoms with Crippen molar-refractivity contribution in [1.29, 1.82) is 0 Å². The molecule has 1 aromatic carbocycles. The minimum atomic E-state index is -2.92. The third kappa shape index (κ3) is 7.60. The van der Waals surface area contributed by atoms with Crippen LogP contribution in [-0.2, 0) is 11.2 Å². The number of hydrogen-bond donors (Lipinski definition) is 1. The predicted molar refractivity (Wildman–Crippen MR) is 84.0 cm³/mol. The number of benzene rings is 1. The molecule has 0 spiro atoms. The van der Waals surface area contributed by atoms with E-state index < -0.39 is 6.61 Å². The van der Waals surface area contributed by atoms with Crippen molar-refractivity contribution in [2.45, 2.75) is 13.0 Å². The van der Waals surface area contributed by atoms with Crippen molar-refractivity contribution in [2.75, 3.05) is 34.3 Å². The van der Waals surface area contributed by atoms with Crippen LogP contribution >= 0.6 is 0 Å². The molecule has 0 aliphatic carbocycles. The number of amides is 1. The number of alkyl halides is 2. The largest absolute Gasteiger partial charge is 0.493 e. The minimum Gasteiger partial charge on any atom is -0.493 e. The van der Waals surface area contributed by atoms with Gasteiger partial charge < -0.3 is 19.7 Å². The average Bonchev–Trinajstić information content (AvgIpc) is 2.46. The van der Waals surface area contributed by atoms with Crippen LogP contribution in [0, 0.1) is 0 Å². The molecular formula is C16H22F2N2O3. The molecule has 5 nitrogen and oxygen atoms in total. The number of likely N-dealkylation sites (N-methyl/N-ethyl adjacent to an activating group) is 1. The van der Waals surface area contributed by atoms with E-state index in [1.807, 2.05) is 19.0 Å². The Morgan fingerprint density at radius 3 is 2.70 bits per heavy atom. The Morgan fingerprint density at radius 1 is 1.35 bits per heavy atom. The summed E-state index contributed by atoms with van der Waals surface area (Å²) >= 11 is 0. The van der Waals surface area contributed by atoms with Gasteiger partial charge in [0.15, 0.2) is 11.5 Å². The summed E-state index contributed by atoms with van der Waals surface area (Å²) in [4.78, 5) is 13.5. The number of halogens is 2. The molecular weight excluding hydrogens is 306 g/mol. The zero-order valence-corrected chi connectivity index (χ0v) is 13.5. The maximum Gasteiger partial charge on any atom is 0.387 e. The first kappa shape index (κ1) is 18.9. The minimum absolute atomic E-state index is 0.0165. The van der Waals surface area contributed by atoms with Gasteiger partial charge in [0.05, 0.1) is 7.11 Å². The topological polar surface area (TPSA) is 50.8 Å². The Labute approximate surface area is 134 Å². The van der Waals surface area contributed by atoms with Crippen molar-refractivity contribution in [2.24, 2.45) is 0 Å². The van der Waals surface area contributed by atoms with Gasteiger partial charge in [-0.1, -0.05) is 12.1 Å². The van der Waals surface area contributed by atoms with Crippen LogP contribution in [0.1, 0.15) is 5.56 Å². The van der Waals surface area contributed by atoms with Crippen LogP contribution in [0.25, 0.3) is 0 Å². The molecule has 0 aromatic heterocycles. The zero-order valence-electron chi connectivity index (χ0n) is 13.5. The van der Waals surface area contributed by atoms with E-state index in [9.17, 15) is 13.6 Å². The predicted octanol–water partition coefficient (Wildman–Crippen LogP) is 2.07. The maximum atomic E-state index is 12.4. The third-order valence-corrected chi connectivity index (χ3v) is 2.90. The SMILES string of the molecule is COc1ccc(CCNC(=O)/C=C/CN(C)C)cc1OC(F)F. The van der Waals surface area contributed by atoms with E-state index in [4.69, 9.17) is 4.74 Å². The van der Waals surface area contributed by atoms with E-state index in [0.29, 0.717) is 19.5 Å². The molecule has 0 saturated heterocycles. The lowest BCUT2D eigenvalue weighted by molar-refractivity contribution is -0.116. The first-order valence-electron chi connectivity index (χ1n) is 7.13. The number of carbonyl (C=O) groups is 1. The van der Waals surface area contributed by atoms with Gasteiger partial charge in [0, 0.05) is 19.2 Å². The van der Waals surface area contributed by atoms with E-state index in [0.717, 1.165) is 5.56 Å². The highest BCUT2D eigenvalue weighted by Gasteiger charge is 2.11. The molecule has 0 radical (unpaired) electrons. The van der Waals surface area contributed by atoms with Gasteiger partial charge >= 0.3 is 6.61 Å². The zero-order chi connectivity index (χ0) is 17.2. The number of carbonyl (C=O) groups excluding carboxylic acids is 1. The molecule has 23 heavy (non-hydrogen) atoms. The summed E-state index contributed by atoms with van der Waals surface area (Å²) in [6.07, 6.45) is 3.73. The molecule has 0 bridgehead atoms. The van der Waals surface area contributed by atoms with Gasteiger partial charge in [-0.3, -0.25) is 4.79 Å². The molecule has 1 amide bonds. The molecule has 128 valence electrons. The molecule has 0 aliphatic heterocycles. The standard InChI is InChI=1S/C16H22F2N2O3/c1-20(2)10-4-5-15(21)19-9-8-12-6-7-13(22-3)14(11-12)23-16(17)18/h4-7,11,16H,8-10H2,1-3H3,(H,19,21)/b5-4+. The molecule has 0 atom stereocenters. The fourth-order valence-corrected chi connectivity index (χ4v) is 1.82. The summed E-state index contributed by atoms with van der Waals surface area (Å²) in [5.41, 5.74) is 0.763. The van der Waals surface area contributed by atoms with Gasteiger partial charge in [0.2, 0.25) is 5.91 Å². The lowest BCUT2D eigenvalue weighted by Crippen LogP contribution is -2.24. The first-order chi connectivity index (χ1) is 10.9. The van der Waals surface area contributed by atoms with Crippen LogP contribution in [-0.4, -0.2) is 51.7 Å². The van der Waals surface area contributed by atoms with Crippen LogP contribution < -0.4 is 14.8 Å². The molecule has 0 saturated carbocycles. The van der Waals surface area contributed by atoms with Gasteiger partial charge in [-0.2, -0.15) is 8.78 Å². The second kappa shape index (κ2) is 9.78. The van der Waals surface area contributed by atoms with E-state index in [2.05, 4.69) is 10.1 Å². The highest BCUT2D eigenvalue weighted by Crippen LogP contribution is 2.29. The fourth-order valence-electron chi connectivity index (χ4n) is 1.82. The van der Waals surface area contributed by atoms with Crippen LogP contribution in [0.4, 0.5) is 8.78 Å². The van der Waals surface area contributed by atoms with Crippen molar-refractivity contribution < 1.29 is 23.0 Å². The smallest absolute Gasteiger partial charge is 0.387 e. The number of ether oxygens (including phenoxy) is 2. The highest BCUT2D eigenvalue weighted by molar-refractivity contribution is 5.87. The fraction of sp³-hybridized carbons (Fsp3) is 0.438. The normalized spacial score (nSPS) is 11.3. The first-order valence-corrected chi connectivity index (χ1v) is 7.13. The van der Waals surface area contributed by atoms with Crippen molar-refractivity contribution >= 4 is 5.91 Å². The molecule has 0 aliphatic rings. The Bertz CT molecular complexity index is 534. The van der Waals surface area contributed by atoms with Crippen molar-refractivity contribution in [3.8, 4) is 11.5 Å². The van der Waals surface area contributed by atoms with E-state index in [1.54, 1.807) is 18.2 Å². The Morgan fingerprint density at radius 2 is 2.09 bits per heavy atom. The van der Waals surface area contributed by atoms with Gasteiger partial charge in [0.1, 0.15) is 0 Å². The molecule has 7 heteroatoms. The van der Waals surface area contributed by atoms with Gasteiger partial charge in [-0.15, -0.1) is 0 Å². The molecule has 0 unspecified atom stereocenters. The second-order valence-electron chi connectivity index (χ2n) is 5.07. The van der Waals surface area contributed by atoms with E-state index in [1.165, 1.54) is 19.3 Å². The summed E-state index contributed by atoms with van der Waals surface area (Å²) in [6, 6.07) is 4.79. The van der Waals surface area contributed by atoms with Crippen molar-refractivity contribution in [3.05, 3.63) is 35.9 Å². The second-order valence-corrected chi connectivity index (χ2v) is 5.07. The Hall–Kier alpha value is -2.15. The molecule has 1 rings (SSSR count). The van der Waals surface area contributed by atoms with Crippen molar-refractivity contribution in [1.82, 2.24) is 10.2 Å². The van der Waals surface area contributed by atoms with Gasteiger partial charge in [-0.25, -0.2) is 0 Å². The summed E-state index contributed by atoms with van der Waals surface area (Å²) < 4.78 is 34.1. The number of nitrogens with one attached hydrogen (secondary N) is 1. The summed E-state index contributed by atoms with van der Waals surface area (Å²) in [6.45, 7) is -1.84. The third-order valence-electron chi connectivity index (χ3n) is 2.90. The Balaban J connectivity index is 2.51. The molecule has 0 heterocycles. The van der Waals surface area contributed by atoms with Crippen LogP contribution in [0.5, 0.6) is 11.5 Å². The quantitative estimate of drug-likeness (QED) is 0.705. The van der Waals surface area contributed by atoms with E-state index in [-0.39, 0.29) is 17.4 Å². The number of nitrogens with zero attached hydrogens (tertiary/aromatic N) is 1. The van der Waals surface area contributed by atoms with Crippen LogP contribution in [0.2, 0.25) is 0 Å². The molecule has 1 N–H and O–H groups in total. The average molecular weight is 328 g/mol. The van der Waals surface area contributed by atoms with Crippen LogP contribution in [0.3, 0.4) is 0 Å². The number of methoxy groups -OCH3 is 1. The lowest BCUT2D eigenvalue weighted by Gasteiger charge is -2.11. The molecule has 0 fully saturated rings. The summed E-state index contributed by atoms with van der Waals surface area (Å²) in [5.74, 6) is 0.0336. The monoisotopic (exact) mass is 328 g/mol. The maximum absolute atomic E-state index is 12.4. The Kier molecular flexibility index (Phi) is 8.04. The summed E-state index contributed by atoms with van der Waals surface area (Å²) in [5, 5.41) is 2.73. The number of hydrogen-bond acceptors (Lipinski definition) is 4. The van der Waals surface area contributed by atoms with Gasteiger partial charge in [0.25, 0.3) is 0 Å². The molecule has 1 aromatic rings. The van der Waals surface area contributed by atoms with Crippen molar-refractivity contribution in [3.63, 3.8) is 0 Å². The van der Waals surface area contributed by atoms with Gasteiger partial charge in [-0.05, 0) is 38.2 Å². The summed E-state index contributed by atoms with van der Waals surface area (Å²) in [7, 11) is 5.20. The lowest BCUT2D eigenvalue weighted by atomic mass is 10.1. The van der Waals surface area contributed by atoms with E-state index >= 15 is 0 Å². The highest BCUT2D eigenvalue weighted by atomic mass is 19.3.